The molecule has 1 amide bonds. The summed E-state index contributed by atoms with van der Waals surface area (Å²) in [6, 6.07) is 15.4. The number of ether oxygens (including phenoxy) is 1. The first kappa shape index (κ1) is 17.6. The lowest BCUT2D eigenvalue weighted by molar-refractivity contribution is -0.114. The zero-order valence-electron chi connectivity index (χ0n) is 13.3. The molecule has 0 saturated heterocycles. The summed E-state index contributed by atoms with van der Waals surface area (Å²) in [7, 11) is 0. The number of carbonyl (C=O) groups is 1. The van der Waals surface area contributed by atoms with Gasteiger partial charge in [0, 0.05) is 9.26 Å². The molecular weight excluding hydrogens is 403 g/mol. The summed E-state index contributed by atoms with van der Waals surface area (Å²) in [6.07, 6.45) is 0. The van der Waals surface area contributed by atoms with Crippen molar-refractivity contribution >= 4 is 39.9 Å². The molecule has 0 bridgehead atoms. The van der Waals surface area contributed by atoms with E-state index < -0.39 is 0 Å². The topological polar surface area (TPSA) is 50.4 Å². The number of amides is 1. The SMILES string of the molecule is CC(C)COc1ccccc1NC(=O)CNc1ccc(I)cc1. The summed E-state index contributed by atoms with van der Waals surface area (Å²) in [5.74, 6) is 1.02. The third-order valence-electron chi connectivity index (χ3n) is 3.03. The van der Waals surface area contributed by atoms with Crippen molar-refractivity contribution in [2.24, 2.45) is 5.92 Å². The van der Waals surface area contributed by atoms with Crippen molar-refractivity contribution in [2.45, 2.75) is 13.8 Å². The Morgan fingerprint density at radius 2 is 1.83 bits per heavy atom. The van der Waals surface area contributed by atoms with Gasteiger partial charge in [0.1, 0.15) is 5.75 Å². The molecule has 122 valence electrons. The fraction of sp³-hybridized carbons (Fsp3) is 0.278. The second-order valence-electron chi connectivity index (χ2n) is 5.61. The Kier molecular flexibility index (Phi) is 6.70. The zero-order valence-corrected chi connectivity index (χ0v) is 15.5. The Morgan fingerprint density at radius 1 is 1.13 bits per heavy atom. The molecule has 0 heterocycles. The van der Waals surface area contributed by atoms with E-state index in [9.17, 15) is 4.79 Å². The van der Waals surface area contributed by atoms with Crippen LogP contribution in [0.1, 0.15) is 13.8 Å². The van der Waals surface area contributed by atoms with Crippen LogP contribution < -0.4 is 15.4 Å². The van der Waals surface area contributed by atoms with Crippen LogP contribution in [0.2, 0.25) is 0 Å². The smallest absolute Gasteiger partial charge is 0.243 e. The van der Waals surface area contributed by atoms with Gasteiger partial charge in [-0.3, -0.25) is 4.79 Å². The average molecular weight is 424 g/mol. The maximum atomic E-state index is 12.1. The van der Waals surface area contributed by atoms with E-state index in [0.717, 1.165) is 9.26 Å². The predicted octanol–water partition coefficient (Wildman–Crippen LogP) is 4.38. The molecule has 0 atom stereocenters. The first-order chi connectivity index (χ1) is 11.0. The third kappa shape index (κ3) is 6.09. The van der Waals surface area contributed by atoms with E-state index in [4.69, 9.17) is 4.74 Å². The van der Waals surface area contributed by atoms with E-state index in [0.29, 0.717) is 24.0 Å². The highest BCUT2D eigenvalue weighted by Crippen LogP contribution is 2.24. The number of benzene rings is 2. The lowest BCUT2D eigenvalue weighted by atomic mass is 10.2. The average Bonchev–Trinajstić information content (AvgIpc) is 2.53. The molecule has 0 unspecified atom stereocenters. The van der Waals surface area contributed by atoms with Crippen LogP contribution in [0.4, 0.5) is 11.4 Å². The summed E-state index contributed by atoms with van der Waals surface area (Å²) in [5, 5.41) is 5.99. The van der Waals surface area contributed by atoms with Gasteiger partial charge >= 0.3 is 0 Å². The summed E-state index contributed by atoms with van der Waals surface area (Å²) in [4.78, 5) is 12.1. The Bertz CT molecular complexity index is 642. The summed E-state index contributed by atoms with van der Waals surface area (Å²) in [6.45, 7) is 5.01. The number of hydrogen-bond donors (Lipinski definition) is 2. The molecule has 0 aliphatic carbocycles. The first-order valence-corrected chi connectivity index (χ1v) is 8.63. The Labute approximate surface area is 150 Å². The highest BCUT2D eigenvalue weighted by molar-refractivity contribution is 14.1. The van der Waals surface area contributed by atoms with E-state index in [-0.39, 0.29) is 12.5 Å². The summed E-state index contributed by atoms with van der Waals surface area (Å²) < 4.78 is 6.90. The van der Waals surface area contributed by atoms with Crippen molar-refractivity contribution < 1.29 is 9.53 Å². The molecule has 0 fully saturated rings. The van der Waals surface area contributed by atoms with Gasteiger partial charge in [-0.05, 0) is 64.9 Å². The van der Waals surface area contributed by atoms with Crippen molar-refractivity contribution in [2.75, 3.05) is 23.8 Å². The monoisotopic (exact) mass is 424 g/mol. The van der Waals surface area contributed by atoms with Crippen LogP contribution in [-0.4, -0.2) is 19.1 Å². The number of anilines is 2. The number of nitrogens with one attached hydrogen (secondary N) is 2. The number of hydrogen-bond acceptors (Lipinski definition) is 3. The second-order valence-corrected chi connectivity index (χ2v) is 6.86. The molecule has 5 heteroatoms. The minimum atomic E-state index is -0.107. The second kappa shape index (κ2) is 8.76. The maximum Gasteiger partial charge on any atom is 0.243 e. The van der Waals surface area contributed by atoms with Crippen molar-refractivity contribution in [1.29, 1.82) is 0 Å². The number of para-hydroxylation sites is 2. The van der Waals surface area contributed by atoms with E-state index in [1.165, 1.54) is 0 Å². The molecule has 2 rings (SSSR count). The Hall–Kier alpha value is -1.76. The number of carbonyl (C=O) groups excluding carboxylic acids is 1. The molecule has 0 saturated carbocycles. The molecular formula is C18H21IN2O2. The van der Waals surface area contributed by atoms with Gasteiger partial charge in [0.05, 0.1) is 18.8 Å². The molecule has 2 aromatic rings. The van der Waals surface area contributed by atoms with E-state index in [1.807, 2.05) is 48.5 Å². The predicted molar refractivity (Wildman–Crippen MR) is 103 cm³/mol. The molecule has 23 heavy (non-hydrogen) atoms. The quantitative estimate of drug-likeness (QED) is 0.649. The van der Waals surface area contributed by atoms with Crippen LogP contribution in [0.25, 0.3) is 0 Å². The van der Waals surface area contributed by atoms with Gasteiger partial charge in [-0.25, -0.2) is 0 Å². The highest BCUT2D eigenvalue weighted by atomic mass is 127. The molecule has 0 aliphatic heterocycles. The van der Waals surface area contributed by atoms with Crippen molar-refractivity contribution in [1.82, 2.24) is 0 Å². The molecule has 0 aliphatic rings. The van der Waals surface area contributed by atoms with Gasteiger partial charge in [-0.2, -0.15) is 0 Å². The van der Waals surface area contributed by atoms with Gasteiger partial charge in [0.25, 0.3) is 0 Å². The first-order valence-electron chi connectivity index (χ1n) is 7.55. The van der Waals surface area contributed by atoms with Gasteiger partial charge < -0.3 is 15.4 Å². The van der Waals surface area contributed by atoms with Crippen LogP contribution in [0.3, 0.4) is 0 Å². The van der Waals surface area contributed by atoms with Crippen molar-refractivity contribution in [3.05, 3.63) is 52.1 Å². The lowest BCUT2D eigenvalue weighted by Gasteiger charge is -2.14. The molecule has 0 radical (unpaired) electrons. The van der Waals surface area contributed by atoms with E-state index in [1.54, 1.807) is 0 Å². The summed E-state index contributed by atoms with van der Waals surface area (Å²) in [5.41, 5.74) is 1.62. The number of halogens is 1. The largest absolute Gasteiger partial charge is 0.491 e. The normalized spacial score (nSPS) is 10.4. The standard InChI is InChI=1S/C18H21IN2O2/c1-13(2)12-23-17-6-4-3-5-16(17)21-18(22)11-20-15-9-7-14(19)8-10-15/h3-10,13,20H,11-12H2,1-2H3,(H,21,22). The maximum absolute atomic E-state index is 12.1. The van der Waals surface area contributed by atoms with E-state index in [2.05, 4.69) is 47.1 Å². The molecule has 0 spiro atoms. The van der Waals surface area contributed by atoms with Gasteiger partial charge in [0.2, 0.25) is 5.91 Å². The lowest BCUT2D eigenvalue weighted by Crippen LogP contribution is -2.22. The molecule has 4 nitrogen and oxygen atoms in total. The van der Waals surface area contributed by atoms with E-state index >= 15 is 0 Å². The molecule has 2 aromatic carbocycles. The minimum Gasteiger partial charge on any atom is -0.491 e. The fourth-order valence-corrected chi connectivity index (χ4v) is 2.26. The van der Waals surface area contributed by atoms with Crippen LogP contribution in [-0.2, 0) is 4.79 Å². The van der Waals surface area contributed by atoms with Gasteiger partial charge in [-0.15, -0.1) is 0 Å². The number of rotatable bonds is 7. The summed E-state index contributed by atoms with van der Waals surface area (Å²) >= 11 is 2.25. The fourth-order valence-electron chi connectivity index (χ4n) is 1.90. The van der Waals surface area contributed by atoms with Crippen LogP contribution >= 0.6 is 22.6 Å². The minimum absolute atomic E-state index is 0.107. The molecule has 2 N–H and O–H groups in total. The van der Waals surface area contributed by atoms with Crippen molar-refractivity contribution in [3.8, 4) is 5.75 Å². The van der Waals surface area contributed by atoms with Crippen LogP contribution in [0.15, 0.2) is 48.5 Å². The Morgan fingerprint density at radius 3 is 2.52 bits per heavy atom. The van der Waals surface area contributed by atoms with Gasteiger partial charge in [0.15, 0.2) is 0 Å². The van der Waals surface area contributed by atoms with Crippen LogP contribution in [0, 0.1) is 9.49 Å². The van der Waals surface area contributed by atoms with Gasteiger partial charge in [-0.1, -0.05) is 26.0 Å². The third-order valence-corrected chi connectivity index (χ3v) is 3.75. The van der Waals surface area contributed by atoms with Crippen LogP contribution in [0.5, 0.6) is 5.75 Å². The Balaban J connectivity index is 1.90. The van der Waals surface area contributed by atoms with Crippen molar-refractivity contribution in [3.63, 3.8) is 0 Å². The highest BCUT2D eigenvalue weighted by Gasteiger charge is 2.08. The molecule has 0 aromatic heterocycles. The zero-order chi connectivity index (χ0) is 16.7.